The Morgan fingerprint density at radius 2 is 2.03 bits per heavy atom. The number of hydrogen-bond donors (Lipinski definition) is 2. The van der Waals surface area contributed by atoms with Crippen molar-refractivity contribution < 1.29 is 13.2 Å². The average molecular weight is 402 g/mol. The molecule has 9 heteroatoms. The maximum absolute atomic E-state index is 13.4. The van der Waals surface area contributed by atoms with Gasteiger partial charge in [0.15, 0.2) is 0 Å². The number of nitrogens with zero attached hydrogens (tertiary/aromatic N) is 4. The SMILES string of the molecule is CC1(Nc2nc(Nc3cn(CC4CC4)c4ncccc34)ncc2C(F)(F)F)CC1. The van der Waals surface area contributed by atoms with E-state index in [2.05, 4.69) is 30.2 Å². The van der Waals surface area contributed by atoms with Gasteiger partial charge >= 0.3 is 6.18 Å². The smallest absolute Gasteiger partial charge is 0.364 e. The number of hydrogen-bond acceptors (Lipinski definition) is 5. The number of pyridine rings is 1. The van der Waals surface area contributed by atoms with Crippen LogP contribution in [0, 0.1) is 5.92 Å². The minimum absolute atomic E-state index is 0.124. The molecule has 0 amide bonds. The van der Waals surface area contributed by atoms with E-state index < -0.39 is 11.7 Å². The molecule has 0 unspecified atom stereocenters. The van der Waals surface area contributed by atoms with Crippen molar-refractivity contribution in [1.82, 2.24) is 19.5 Å². The van der Waals surface area contributed by atoms with Gasteiger partial charge in [-0.1, -0.05) is 0 Å². The summed E-state index contributed by atoms with van der Waals surface area (Å²) in [5.74, 6) is 0.604. The molecule has 2 aliphatic carbocycles. The van der Waals surface area contributed by atoms with Gasteiger partial charge in [0.2, 0.25) is 5.95 Å². The average Bonchev–Trinajstić information content (AvgIpc) is 3.58. The largest absolute Gasteiger partial charge is 0.421 e. The minimum atomic E-state index is -4.52. The summed E-state index contributed by atoms with van der Waals surface area (Å²) in [6, 6.07) is 3.77. The lowest BCUT2D eigenvalue weighted by Crippen LogP contribution is -2.21. The molecule has 3 aromatic rings. The lowest BCUT2D eigenvalue weighted by atomic mass is 10.2. The topological polar surface area (TPSA) is 67.7 Å². The molecule has 0 spiro atoms. The van der Waals surface area contributed by atoms with Gasteiger partial charge in [0.05, 0.1) is 5.69 Å². The Hall–Kier alpha value is -2.84. The van der Waals surface area contributed by atoms with Gasteiger partial charge in [0.1, 0.15) is 17.0 Å². The summed E-state index contributed by atoms with van der Waals surface area (Å²) in [7, 11) is 0. The van der Waals surface area contributed by atoms with Crippen LogP contribution in [0.25, 0.3) is 11.0 Å². The second kappa shape index (κ2) is 6.33. The Labute approximate surface area is 165 Å². The minimum Gasteiger partial charge on any atom is -0.364 e. The van der Waals surface area contributed by atoms with E-state index in [1.807, 2.05) is 25.3 Å². The molecule has 5 rings (SSSR count). The Kier molecular flexibility index (Phi) is 3.97. The molecule has 0 aromatic carbocycles. The summed E-state index contributed by atoms with van der Waals surface area (Å²) in [4.78, 5) is 12.6. The fraction of sp³-hybridized carbons (Fsp3) is 0.450. The van der Waals surface area contributed by atoms with Gasteiger partial charge in [-0.05, 0) is 50.7 Å². The van der Waals surface area contributed by atoms with Crippen molar-refractivity contribution in [2.75, 3.05) is 10.6 Å². The van der Waals surface area contributed by atoms with Gasteiger partial charge in [-0.15, -0.1) is 0 Å². The number of alkyl halides is 3. The van der Waals surface area contributed by atoms with E-state index in [0.717, 1.165) is 42.3 Å². The Balaban J connectivity index is 1.49. The lowest BCUT2D eigenvalue weighted by molar-refractivity contribution is -0.137. The second-order valence-electron chi connectivity index (χ2n) is 8.28. The molecule has 0 atom stereocenters. The highest BCUT2D eigenvalue weighted by Gasteiger charge is 2.42. The number of nitrogens with one attached hydrogen (secondary N) is 2. The number of halogens is 3. The molecule has 0 aliphatic heterocycles. The quantitative estimate of drug-likeness (QED) is 0.610. The van der Waals surface area contributed by atoms with Gasteiger partial charge < -0.3 is 15.2 Å². The molecule has 2 fully saturated rings. The predicted octanol–water partition coefficient (Wildman–Crippen LogP) is 4.96. The van der Waals surface area contributed by atoms with Crippen LogP contribution in [0.4, 0.5) is 30.6 Å². The van der Waals surface area contributed by atoms with Gasteiger partial charge in [0, 0.05) is 36.1 Å². The molecule has 152 valence electrons. The van der Waals surface area contributed by atoms with Crippen molar-refractivity contribution in [2.45, 2.75) is 50.9 Å². The van der Waals surface area contributed by atoms with Crippen LogP contribution in [0.1, 0.15) is 38.2 Å². The Morgan fingerprint density at radius 3 is 2.72 bits per heavy atom. The van der Waals surface area contributed by atoms with E-state index in [-0.39, 0.29) is 17.3 Å². The van der Waals surface area contributed by atoms with Crippen LogP contribution in [-0.2, 0) is 12.7 Å². The second-order valence-corrected chi connectivity index (χ2v) is 8.28. The Bertz CT molecular complexity index is 1070. The standard InChI is InChI=1S/C20H21F3N6/c1-19(6-7-19)28-16-14(20(21,22)23)9-25-18(27-16)26-15-11-29(10-12-4-5-12)17-13(15)3-2-8-24-17/h2-3,8-9,11-12H,4-7,10H2,1H3,(H2,25,26,27,28). The van der Waals surface area contributed by atoms with Crippen molar-refractivity contribution in [3.63, 3.8) is 0 Å². The molecule has 0 radical (unpaired) electrons. The lowest BCUT2D eigenvalue weighted by Gasteiger charge is -2.18. The summed E-state index contributed by atoms with van der Waals surface area (Å²) >= 11 is 0. The third kappa shape index (κ3) is 3.73. The zero-order chi connectivity index (χ0) is 20.2. The zero-order valence-electron chi connectivity index (χ0n) is 15.9. The van der Waals surface area contributed by atoms with Crippen LogP contribution < -0.4 is 10.6 Å². The molecule has 2 saturated carbocycles. The van der Waals surface area contributed by atoms with Crippen LogP contribution in [0.2, 0.25) is 0 Å². The first-order valence-corrected chi connectivity index (χ1v) is 9.74. The number of fused-ring (bicyclic) bond motifs is 1. The van der Waals surface area contributed by atoms with Crippen LogP contribution in [-0.4, -0.2) is 25.1 Å². The molecule has 2 N–H and O–H groups in total. The normalized spacial score (nSPS) is 18.1. The van der Waals surface area contributed by atoms with Gasteiger partial charge in [-0.2, -0.15) is 18.2 Å². The van der Waals surface area contributed by atoms with Gasteiger partial charge in [0.25, 0.3) is 0 Å². The maximum Gasteiger partial charge on any atom is 0.421 e. The maximum atomic E-state index is 13.4. The summed E-state index contributed by atoms with van der Waals surface area (Å²) in [5, 5.41) is 6.93. The van der Waals surface area contributed by atoms with E-state index in [1.54, 1.807) is 6.20 Å². The van der Waals surface area contributed by atoms with Gasteiger partial charge in [-0.3, -0.25) is 0 Å². The fourth-order valence-electron chi connectivity index (χ4n) is 3.40. The first-order chi connectivity index (χ1) is 13.8. The third-order valence-electron chi connectivity index (χ3n) is 5.55. The molecular formula is C20H21F3N6. The monoisotopic (exact) mass is 402 g/mol. The van der Waals surface area contributed by atoms with Crippen molar-refractivity contribution >= 4 is 28.5 Å². The molecule has 3 heterocycles. The van der Waals surface area contributed by atoms with Crippen LogP contribution in [0.5, 0.6) is 0 Å². The Morgan fingerprint density at radius 1 is 1.24 bits per heavy atom. The third-order valence-corrected chi connectivity index (χ3v) is 5.55. The van der Waals surface area contributed by atoms with Crippen LogP contribution in [0.15, 0.2) is 30.7 Å². The molecule has 0 saturated heterocycles. The van der Waals surface area contributed by atoms with E-state index in [9.17, 15) is 13.2 Å². The van der Waals surface area contributed by atoms with E-state index in [0.29, 0.717) is 5.92 Å². The van der Waals surface area contributed by atoms with Crippen LogP contribution >= 0.6 is 0 Å². The molecule has 6 nitrogen and oxygen atoms in total. The fourth-order valence-corrected chi connectivity index (χ4v) is 3.40. The number of rotatable bonds is 6. The van der Waals surface area contributed by atoms with E-state index >= 15 is 0 Å². The predicted molar refractivity (Wildman–Crippen MR) is 104 cm³/mol. The van der Waals surface area contributed by atoms with Crippen molar-refractivity contribution in [3.8, 4) is 0 Å². The number of aromatic nitrogens is 4. The zero-order valence-corrected chi connectivity index (χ0v) is 15.9. The summed E-state index contributed by atoms with van der Waals surface area (Å²) < 4.78 is 42.3. The highest BCUT2D eigenvalue weighted by molar-refractivity contribution is 5.92. The van der Waals surface area contributed by atoms with Crippen molar-refractivity contribution in [2.24, 2.45) is 5.92 Å². The molecule has 3 aromatic heterocycles. The van der Waals surface area contributed by atoms with Crippen LogP contribution in [0.3, 0.4) is 0 Å². The van der Waals surface area contributed by atoms with Crippen molar-refractivity contribution in [3.05, 3.63) is 36.3 Å². The first kappa shape index (κ1) is 18.2. The summed E-state index contributed by atoms with van der Waals surface area (Å²) in [5.41, 5.74) is 0.388. The molecule has 29 heavy (non-hydrogen) atoms. The molecule has 0 bridgehead atoms. The summed E-state index contributed by atoms with van der Waals surface area (Å²) in [6.07, 6.45) is 4.06. The molecular weight excluding hydrogens is 381 g/mol. The van der Waals surface area contributed by atoms with Crippen molar-refractivity contribution in [1.29, 1.82) is 0 Å². The summed E-state index contributed by atoms with van der Waals surface area (Å²) in [6.45, 7) is 2.77. The molecule has 2 aliphatic rings. The van der Waals surface area contributed by atoms with E-state index in [4.69, 9.17) is 0 Å². The van der Waals surface area contributed by atoms with Gasteiger partial charge in [-0.25, -0.2) is 9.97 Å². The first-order valence-electron chi connectivity index (χ1n) is 9.74. The van der Waals surface area contributed by atoms with E-state index in [1.165, 1.54) is 12.8 Å². The number of anilines is 3. The highest BCUT2D eigenvalue weighted by atomic mass is 19.4. The highest BCUT2D eigenvalue weighted by Crippen LogP contribution is 2.42.